The van der Waals surface area contributed by atoms with Gasteiger partial charge in [0, 0.05) is 50.6 Å². The van der Waals surface area contributed by atoms with E-state index in [1.165, 1.54) is 33.0 Å². The molecule has 1 spiro atoms. The molecule has 0 fully saturated rings. The molecule has 0 bridgehead atoms. The Hall–Kier alpha value is -8.40. The van der Waals surface area contributed by atoms with Crippen LogP contribution >= 0.6 is 0 Å². The number of fused-ring (bicyclic) bond motifs is 13. The molecule has 0 saturated heterocycles. The summed E-state index contributed by atoms with van der Waals surface area (Å²) in [5.41, 5.74) is 16.4. The molecule has 0 N–H and O–H groups in total. The molecule has 1 atom stereocenters. The highest BCUT2D eigenvalue weighted by molar-refractivity contribution is 6.10. The summed E-state index contributed by atoms with van der Waals surface area (Å²) >= 11 is 0. The molecule has 0 aliphatic heterocycles. The smallest absolute Gasteiger partial charge is 0.0725 e. The Morgan fingerprint density at radius 3 is 1.39 bits per heavy atom. The Morgan fingerprint density at radius 2 is 0.781 bits per heavy atom. The van der Waals surface area contributed by atoms with Crippen molar-refractivity contribution in [2.24, 2.45) is 0 Å². The fraction of sp³-hybridized carbons (Fsp3) is 0.0164. The second-order valence-electron chi connectivity index (χ2n) is 16.5. The largest absolute Gasteiger partial charge is 0.310 e. The fourth-order valence-electron chi connectivity index (χ4n) is 10.7. The molecule has 300 valence electrons. The summed E-state index contributed by atoms with van der Waals surface area (Å²) in [6, 6.07) is 75.1. The first-order chi connectivity index (χ1) is 33.8. The minimum Gasteiger partial charge on any atom is -0.310 e. The highest BCUT2D eigenvalue weighted by Crippen LogP contribution is 2.64. The number of hydrogen-bond acceptors (Lipinski definition) is 2. The molecular formula is C61H41N3. The van der Waals surface area contributed by atoms with E-state index in [4.69, 9.17) is 6.85 Å². The molecule has 0 amide bonds. The lowest BCUT2D eigenvalue weighted by Crippen LogP contribution is -2.26. The Bertz CT molecular complexity index is 3840. The summed E-state index contributed by atoms with van der Waals surface area (Å²) in [5.74, 6) is 0. The van der Waals surface area contributed by atoms with Crippen molar-refractivity contribution < 1.29 is 6.85 Å². The van der Waals surface area contributed by atoms with Crippen LogP contribution in [0.5, 0.6) is 0 Å². The van der Waals surface area contributed by atoms with E-state index in [1.807, 2.05) is 36.4 Å². The minimum atomic E-state index is -0.656. The maximum absolute atomic E-state index is 9.07. The molecule has 0 radical (unpaired) electrons. The van der Waals surface area contributed by atoms with Crippen LogP contribution in [0.4, 0.5) is 34.1 Å². The number of aromatic nitrogens is 1. The van der Waals surface area contributed by atoms with Crippen LogP contribution in [0.15, 0.2) is 249 Å². The Kier molecular flexibility index (Phi) is 7.04. The second kappa shape index (κ2) is 14.3. The summed E-state index contributed by atoms with van der Waals surface area (Å²) in [5, 5.41) is 2.40. The van der Waals surface area contributed by atoms with E-state index in [9.17, 15) is 0 Å². The molecule has 1 heterocycles. The van der Waals surface area contributed by atoms with Crippen molar-refractivity contribution in [3.63, 3.8) is 0 Å². The second-order valence-corrected chi connectivity index (χ2v) is 16.5. The molecule has 3 heteroatoms. The van der Waals surface area contributed by atoms with E-state index in [0.29, 0.717) is 11.4 Å². The van der Waals surface area contributed by atoms with Gasteiger partial charge in [0.25, 0.3) is 0 Å². The average Bonchev–Trinajstić information content (AvgIpc) is 4.00. The number of hydrogen-bond donors (Lipinski definition) is 0. The average molecular weight is 821 g/mol. The van der Waals surface area contributed by atoms with Gasteiger partial charge in [-0.1, -0.05) is 158 Å². The van der Waals surface area contributed by atoms with Gasteiger partial charge in [0.1, 0.15) is 0 Å². The maximum atomic E-state index is 9.07. The van der Waals surface area contributed by atoms with Crippen LogP contribution in [-0.4, -0.2) is 4.57 Å². The molecule has 11 aromatic rings. The summed E-state index contributed by atoms with van der Waals surface area (Å²) < 4.78 is 46.1. The van der Waals surface area contributed by atoms with Crippen molar-refractivity contribution in [3.05, 3.63) is 271 Å². The minimum absolute atomic E-state index is 0.0980. The van der Waals surface area contributed by atoms with Crippen molar-refractivity contribution in [3.8, 4) is 27.9 Å². The van der Waals surface area contributed by atoms with Gasteiger partial charge in [0.2, 0.25) is 0 Å². The third-order valence-corrected chi connectivity index (χ3v) is 13.2. The number of para-hydroxylation sites is 5. The molecular weight excluding hydrogens is 775 g/mol. The molecule has 64 heavy (non-hydrogen) atoms. The summed E-state index contributed by atoms with van der Waals surface area (Å²) in [4.78, 5) is 4.16. The van der Waals surface area contributed by atoms with Crippen LogP contribution in [0, 0.1) is 0 Å². The van der Waals surface area contributed by atoms with E-state index >= 15 is 0 Å². The van der Waals surface area contributed by atoms with Crippen LogP contribution in [0.1, 0.15) is 29.1 Å². The van der Waals surface area contributed by atoms with Gasteiger partial charge in [-0.05, 0) is 135 Å². The zero-order valence-electron chi connectivity index (χ0n) is 39.6. The van der Waals surface area contributed by atoms with Crippen molar-refractivity contribution in [2.75, 3.05) is 9.80 Å². The van der Waals surface area contributed by atoms with Gasteiger partial charge in [-0.3, -0.25) is 0 Å². The van der Waals surface area contributed by atoms with E-state index in [0.717, 1.165) is 56.0 Å². The van der Waals surface area contributed by atoms with Crippen molar-refractivity contribution in [1.29, 1.82) is 0 Å². The predicted octanol–water partition coefficient (Wildman–Crippen LogP) is 16.1. The lowest BCUT2D eigenvalue weighted by Gasteiger charge is -2.32. The molecule has 1 aromatic heterocycles. The first-order valence-electron chi connectivity index (χ1n) is 24.2. The highest BCUT2D eigenvalue weighted by atomic mass is 15.1. The molecule has 1 unspecified atom stereocenters. The lowest BCUT2D eigenvalue weighted by molar-refractivity contribution is 0.793. The fourth-order valence-corrected chi connectivity index (χ4v) is 10.7. The van der Waals surface area contributed by atoms with Crippen molar-refractivity contribution in [1.82, 2.24) is 4.57 Å². The third-order valence-electron chi connectivity index (χ3n) is 13.2. The molecule has 13 rings (SSSR count). The Balaban J connectivity index is 1.01. The van der Waals surface area contributed by atoms with Gasteiger partial charge in [0.15, 0.2) is 0 Å². The summed E-state index contributed by atoms with van der Waals surface area (Å²) in [6.07, 6.45) is 0. The van der Waals surface area contributed by atoms with Gasteiger partial charge < -0.3 is 14.4 Å². The standard InChI is InChI=1S/C61H41N3/c1-5-19-42(20-6-1)62(43-21-7-2-8-22-43)46-34-37-57-53(39-46)49-27-13-16-30-55(49)61(57)56-31-17-14-28-50(56)54-40-47(35-38-58(54)61)63(44-23-9-3-10-24-44)48-33-36-52-51-29-15-18-32-59(51)64(60(52)41-48)45-25-11-4-12-26-45/h1-41H/i1D,5D,6D,19D,20D. The number of benzene rings is 10. The van der Waals surface area contributed by atoms with E-state index in [2.05, 4.69) is 191 Å². The van der Waals surface area contributed by atoms with Crippen LogP contribution < -0.4 is 9.80 Å². The molecule has 10 aromatic carbocycles. The topological polar surface area (TPSA) is 11.4 Å². The van der Waals surface area contributed by atoms with Crippen molar-refractivity contribution >= 4 is 55.9 Å². The van der Waals surface area contributed by atoms with Crippen molar-refractivity contribution in [2.45, 2.75) is 5.41 Å². The Morgan fingerprint density at radius 1 is 0.328 bits per heavy atom. The molecule has 0 saturated carbocycles. The maximum Gasteiger partial charge on any atom is 0.0725 e. The van der Waals surface area contributed by atoms with Gasteiger partial charge in [-0.2, -0.15) is 0 Å². The lowest BCUT2D eigenvalue weighted by atomic mass is 9.70. The van der Waals surface area contributed by atoms with Gasteiger partial charge in [0.05, 0.1) is 23.3 Å². The number of anilines is 6. The van der Waals surface area contributed by atoms with E-state index < -0.39 is 11.5 Å². The van der Waals surface area contributed by atoms with Crippen LogP contribution in [-0.2, 0) is 5.41 Å². The number of nitrogens with zero attached hydrogens (tertiary/aromatic N) is 3. The zero-order chi connectivity index (χ0) is 46.5. The third kappa shape index (κ3) is 5.28. The molecule has 2 aliphatic carbocycles. The van der Waals surface area contributed by atoms with Gasteiger partial charge in [-0.15, -0.1) is 0 Å². The normalized spacial score (nSPS) is 15.4. The monoisotopic (exact) mass is 820 g/mol. The summed E-state index contributed by atoms with van der Waals surface area (Å²) in [7, 11) is 0. The van der Waals surface area contributed by atoms with Gasteiger partial charge >= 0.3 is 0 Å². The summed E-state index contributed by atoms with van der Waals surface area (Å²) in [6.45, 7) is 0. The van der Waals surface area contributed by atoms with E-state index in [-0.39, 0.29) is 29.9 Å². The van der Waals surface area contributed by atoms with E-state index in [1.54, 1.807) is 4.90 Å². The first-order valence-corrected chi connectivity index (χ1v) is 21.7. The van der Waals surface area contributed by atoms with Crippen LogP contribution in [0.2, 0.25) is 0 Å². The molecule has 2 aliphatic rings. The quantitative estimate of drug-likeness (QED) is 0.159. The molecule has 3 nitrogen and oxygen atoms in total. The predicted molar refractivity (Wildman–Crippen MR) is 266 cm³/mol. The Labute approximate surface area is 380 Å². The zero-order valence-corrected chi connectivity index (χ0v) is 34.6. The van der Waals surface area contributed by atoms with Gasteiger partial charge in [-0.25, -0.2) is 0 Å². The number of rotatable bonds is 7. The van der Waals surface area contributed by atoms with Crippen LogP contribution in [0.3, 0.4) is 0 Å². The van der Waals surface area contributed by atoms with Crippen LogP contribution in [0.25, 0.3) is 49.7 Å². The SMILES string of the molecule is [2H]c1c([2H])c([2H])c(N(c2ccccc2)c2ccc3c(c2)-c2ccccc2C32c3ccccc3-c3cc(N(c4ccccc4)c4ccc5c6ccccc6n(-c6ccccc6)c5c4)ccc32)c([2H])c1[2H]. The highest BCUT2D eigenvalue weighted by Gasteiger charge is 2.51. The first kappa shape index (κ1) is 31.4.